The molecule has 1 heterocycles. The molecule has 0 aromatic carbocycles. The van der Waals surface area contributed by atoms with Crippen molar-refractivity contribution in [2.75, 3.05) is 18.4 Å². The Morgan fingerprint density at radius 2 is 1.64 bits per heavy atom. The lowest BCUT2D eigenvalue weighted by molar-refractivity contribution is 0.0528. The van der Waals surface area contributed by atoms with E-state index in [2.05, 4.69) is 15.6 Å². The number of aromatic nitrogens is 1. The van der Waals surface area contributed by atoms with Gasteiger partial charge in [0.1, 0.15) is 11.3 Å². The fourth-order valence-electron chi connectivity index (χ4n) is 1.45. The van der Waals surface area contributed by atoms with Crippen LogP contribution >= 0.6 is 0 Å². The summed E-state index contributed by atoms with van der Waals surface area (Å²) < 4.78 is 57.2. The van der Waals surface area contributed by atoms with Crippen LogP contribution in [-0.4, -0.2) is 29.8 Å². The van der Waals surface area contributed by atoms with E-state index in [9.17, 15) is 22.4 Å². The summed E-state index contributed by atoms with van der Waals surface area (Å²) in [6.07, 6.45) is -0.380. The summed E-state index contributed by atoms with van der Waals surface area (Å²) in [5.41, 5.74) is -1.57. The molecule has 0 fully saturated rings. The number of anilines is 1. The molecule has 0 atom stereocenters. The van der Waals surface area contributed by atoms with E-state index in [0.717, 1.165) is 0 Å². The van der Waals surface area contributed by atoms with Crippen molar-refractivity contribution in [1.82, 2.24) is 10.3 Å². The topological polar surface area (TPSA) is 63.2 Å². The molecule has 9 heteroatoms. The second-order valence-corrected chi connectivity index (χ2v) is 5.41. The smallest absolute Gasteiger partial charge is 0.407 e. The molecule has 1 aromatic heterocycles. The molecule has 0 unspecified atom stereocenters. The SMILES string of the molecule is CC(C)(C)OC(=O)NCCCNc1c(F)c(F)nc(F)c1F. The highest BCUT2D eigenvalue weighted by molar-refractivity contribution is 5.67. The predicted octanol–water partition coefficient (Wildman–Crippen LogP) is 2.96. The third-order valence-electron chi connectivity index (χ3n) is 2.32. The standard InChI is InChI=1S/C13H17F4N3O2/c1-13(2,3)22-12(21)19-6-4-5-18-9-7(14)10(16)20-11(17)8(9)15/h4-6H2,1-3H3,(H,18,20)(H,19,21). The van der Waals surface area contributed by atoms with Crippen LogP contribution in [0.15, 0.2) is 0 Å². The van der Waals surface area contributed by atoms with Gasteiger partial charge in [0.25, 0.3) is 11.9 Å². The summed E-state index contributed by atoms with van der Waals surface area (Å²) >= 11 is 0. The van der Waals surface area contributed by atoms with Gasteiger partial charge in [0.05, 0.1) is 0 Å². The number of alkyl carbamates (subject to hydrolysis) is 1. The van der Waals surface area contributed by atoms with Crippen molar-refractivity contribution in [2.45, 2.75) is 32.8 Å². The first kappa shape index (κ1) is 18.0. The van der Waals surface area contributed by atoms with Crippen LogP contribution in [0, 0.1) is 23.5 Å². The lowest BCUT2D eigenvalue weighted by Gasteiger charge is -2.19. The normalized spacial score (nSPS) is 11.2. The highest BCUT2D eigenvalue weighted by Gasteiger charge is 2.20. The molecule has 0 saturated heterocycles. The molecule has 5 nitrogen and oxygen atoms in total. The van der Waals surface area contributed by atoms with Crippen LogP contribution in [0.5, 0.6) is 0 Å². The number of pyridine rings is 1. The van der Waals surface area contributed by atoms with E-state index in [1.54, 1.807) is 20.8 Å². The number of amides is 1. The summed E-state index contributed by atoms with van der Waals surface area (Å²) in [7, 11) is 0. The van der Waals surface area contributed by atoms with Crippen LogP contribution in [0.1, 0.15) is 27.2 Å². The number of halogens is 4. The molecule has 0 radical (unpaired) electrons. The fraction of sp³-hybridized carbons (Fsp3) is 0.538. The van der Waals surface area contributed by atoms with Crippen molar-refractivity contribution in [2.24, 2.45) is 0 Å². The number of carbonyl (C=O) groups excluding carboxylic acids is 1. The van der Waals surface area contributed by atoms with Gasteiger partial charge in [-0.2, -0.15) is 22.5 Å². The average Bonchev–Trinajstić information content (AvgIpc) is 2.37. The lowest BCUT2D eigenvalue weighted by Crippen LogP contribution is -2.33. The molecular formula is C13H17F4N3O2. The fourth-order valence-corrected chi connectivity index (χ4v) is 1.45. The van der Waals surface area contributed by atoms with Crippen molar-refractivity contribution in [3.8, 4) is 0 Å². The van der Waals surface area contributed by atoms with Crippen molar-refractivity contribution in [3.63, 3.8) is 0 Å². The number of ether oxygens (including phenoxy) is 1. The summed E-state index contributed by atoms with van der Waals surface area (Å²) in [5, 5.41) is 4.65. The number of hydrogen-bond donors (Lipinski definition) is 2. The zero-order chi connectivity index (χ0) is 16.9. The quantitative estimate of drug-likeness (QED) is 0.497. The minimum absolute atomic E-state index is 0.0213. The maximum absolute atomic E-state index is 13.3. The Hall–Kier alpha value is -2.06. The van der Waals surface area contributed by atoms with Crippen LogP contribution in [-0.2, 0) is 4.74 Å². The molecule has 0 spiro atoms. The average molecular weight is 323 g/mol. The zero-order valence-corrected chi connectivity index (χ0v) is 12.4. The minimum Gasteiger partial charge on any atom is -0.444 e. The van der Waals surface area contributed by atoms with Gasteiger partial charge in [-0.05, 0) is 27.2 Å². The number of hydrogen-bond acceptors (Lipinski definition) is 4. The summed E-state index contributed by atoms with van der Waals surface area (Å²) in [6, 6.07) is 0. The van der Waals surface area contributed by atoms with Gasteiger partial charge in [0.15, 0.2) is 0 Å². The van der Waals surface area contributed by atoms with E-state index in [1.807, 2.05) is 0 Å². The first-order valence-electron chi connectivity index (χ1n) is 6.52. The Morgan fingerprint density at radius 3 is 2.14 bits per heavy atom. The third-order valence-corrected chi connectivity index (χ3v) is 2.32. The molecule has 22 heavy (non-hydrogen) atoms. The van der Waals surface area contributed by atoms with Gasteiger partial charge in [-0.1, -0.05) is 0 Å². The summed E-state index contributed by atoms with van der Waals surface area (Å²) in [6.45, 7) is 5.23. The van der Waals surface area contributed by atoms with Crippen molar-refractivity contribution >= 4 is 11.8 Å². The molecule has 0 aliphatic rings. The molecule has 1 amide bonds. The lowest BCUT2D eigenvalue weighted by atomic mass is 10.2. The molecule has 0 bridgehead atoms. The molecule has 0 aliphatic carbocycles. The second kappa shape index (κ2) is 7.28. The Bertz CT molecular complexity index is 521. The Morgan fingerprint density at radius 1 is 1.09 bits per heavy atom. The van der Waals surface area contributed by atoms with Crippen LogP contribution < -0.4 is 10.6 Å². The van der Waals surface area contributed by atoms with E-state index in [0.29, 0.717) is 0 Å². The third kappa shape index (κ3) is 5.38. The van der Waals surface area contributed by atoms with Gasteiger partial charge in [0.2, 0.25) is 11.6 Å². The monoisotopic (exact) mass is 323 g/mol. The van der Waals surface area contributed by atoms with Crippen LogP contribution in [0.3, 0.4) is 0 Å². The van der Waals surface area contributed by atoms with E-state index < -0.39 is 40.9 Å². The van der Waals surface area contributed by atoms with E-state index >= 15 is 0 Å². The van der Waals surface area contributed by atoms with Crippen LogP contribution in [0.25, 0.3) is 0 Å². The van der Waals surface area contributed by atoms with Gasteiger partial charge in [-0.3, -0.25) is 0 Å². The van der Waals surface area contributed by atoms with E-state index in [4.69, 9.17) is 4.74 Å². The summed E-state index contributed by atoms with van der Waals surface area (Å²) in [5.74, 6) is -6.65. The molecule has 1 aromatic rings. The highest BCUT2D eigenvalue weighted by Crippen LogP contribution is 2.21. The molecule has 1 rings (SSSR count). The van der Waals surface area contributed by atoms with Gasteiger partial charge >= 0.3 is 6.09 Å². The van der Waals surface area contributed by atoms with Crippen LogP contribution in [0.4, 0.5) is 28.0 Å². The van der Waals surface area contributed by atoms with Crippen LogP contribution in [0.2, 0.25) is 0 Å². The van der Waals surface area contributed by atoms with E-state index in [-0.39, 0.29) is 19.5 Å². The molecule has 2 N–H and O–H groups in total. The minimum atomic E-state index is -1.73. The Kier molecular flexibility index (Phi) is 5.95. The van der Waals surface area contributed by atoms with Gasteiger partial charge in [-0.25, -0.2) is 4.79 Å². The molecule has 0 saturated carbocycles. The first-order chi connectivity index (χ1) is 10.1. The maximum Gasteiger partial charge on any atom is 0.407 e. The van der Waals surface area contributed by atoms with Crippen molar-refractivity contribution in [3.05, 3.63) is 23.5 Å². The molecule has 124 valence electrons. The number of carbonyl (C=O) groups is 1. The van der Waals surface area contributed by atoms with Crippen molar-refractivity contribution in [1.29, 1.82) is 0 Å². The van der Waals surface area contributed by atoms with Gasteiger partial charge < -0.3 is 15.4 Å². The van der Waals surface area contributed by atoms with E-state index in [1.165, 1.54) is 0 Å². The van der Waals surface area contributed by atoms with Gasteiger partial charge in [0, 0.05) is 13.1 Å². The van der Waals surface area contributed by atoms with Crippen molar-refractivity contribution < 1.29 is 27.1 Å². The maximum atomic E-state index is 13.3. The first-order valence-corrected chi connectivity index (χ1v) is 6.52. The predicted molar refractivity (Wildman–Crippen MR) is 71.4 cm³/mol. The second-order valence-electron chi connectivity index (χ2n) is 5.41. The number of nitrogens with zero attached hydrogens (tertiary/aromatic N) is 1. The molecule has 0 aliphatic heterocycles. The number of nitrogens with one attached hydrogen (secondary N) is 2. The Labute approximate surface area is 125 Å². The number of rotatable bonds is 5. The van der Waals surface area contributed by atoms with Gasteiger partial charge in [-0.15, -0.1) is 0 Å². The summed E-state index contributed by atoms with van der Waals surface area (Å²) in [4.78, 5) is 13.7. The Balaban J connectivity index is 2.42. The largest absolute Gasteiger partial charge is 0.444 e. The highest BCUT2D eigenvalue weighted by atomic mass is 19.2. The zero-order valence-electron chi connectivity index (χ0n) is 12.4. The molecular weight excluding hydrogens is 306 g/mol.